The number of aromatic amines is 1. The summed E-state index contributed by atoms with van der Waals surface area (Å²) in [5.41, 5.74) is 7.27. The van der Waals surface area contributed by atoms with E-state index in [0.29, 0.717) is 11.5 Å². The third kappa shape index (κ3) is 3.24. The van der Waals surface area contributed by atoms with E-state index in [4.69, 9.17) is 0 Å². The minimum Gasteiger partial charge on any atom is -0.358 e. The standard InChI is InChI=1S/C25H22N4OS/c1-15-2-8-21-19(12-15)20-13-17(5-9-22(20)27-21)24(30)26-18-6-3-16(4-7-18)23-14-29-10-11-31-25(29)28-23/h3-7,9-11,13-15,27H,2,8,12H2,1H3,(H,26,30)/t15-/m0/s1. The average Bonchev–Trinajstić information content (AvgIpc) is 3.47. The van der Waals surface area contributed by atoms with E-state index in [9.17, 15) is 4.79 Å². The van der Waals surface area contributed by atoms with Crippen molar-refractivity contribution in [1.29, 1.82) is 0 Å². The Balaban J connectivity index is 1.24. The number of anilines is 1. The van der Waals surface area contributed by atoms with Crippen LogP contribution in [0.3, 0.4) is 0 Å². The van der Waals surface area contributed by atoms with E-state index in [-0.39, 0.29) is 5.91 Å². The lowest BCUT2D eigenvalue weighted by atomic mass is 9.87. The summed E-state index contributed by atoms with van der Waals surface area (Å²) in [5.74, 6) is 0.601. The second kappa shape index (κ2) is 7.10. The first-order valence-corrected chi connectivity index (χ1v) is 11.5. The van der Waals surface area contributed by atoms with Gasteiger partial charge in [0, 0.05) is 51.2 Å². The van der Waals surface area contributed by atoms with Crippen molar-refractivity contribution in [2.24, 2.45) is 5.92 Å². The van der Waals surface area contributed by atoms with Gasteiger partial charge in [0.15, 0.2) is 4.96 Å². The predicted molar refractivity (Wildman–Crippen MR) is 126 cm³/mol. The number of aryl methyl sites for hydroxylation is 1. The van der Waals surface area contributed by atoms with Crippen LogP contribution in [0.4, 0.5) is 5.69 Å². The highest BCUT2D eigenvalue weighted by Crippen LogP contribution is 2.32. The summed E-state index contributed by atoms with van der Waals surface area (Å²) >= 11 is 1.61. The molecule has 5 nitrogen and oxygen atoms in total. The van der Waals surface area contributed by atoms with Crippen LogP contribution in [0.15, 0.2) is 60.2 Å². The molecule has 0 saturated carbocycles. The van der Waals surface area contributed by atoms with Crippen molar-refractivity contribution in [1.82, 2.24) is 14.4 Å². The molecule has 0 radical (unpaired) electrons. The number of nitrogens with one attached hydrogen (secondary N) is 2. The Hall–Kier alpha value is -3.38. The van der Waals surface area contributed by atoms with Gasteiger partial charge in [-0.05, 0) is 61.1 Å². The van der Waals surface area contributed by atoms with Crippen molar-refractivity contribution >= 4 is 38.8 Å². The molecule has 0 unspecified atom stereocenters. The number of benzene rings is 2. The minimum atomic E-state index is -0.0871. The molecule has 0 spiro atoms. The molecule has 1 amide bonds. The highest BCUT2D eigenvalue weighted by molar-refractivity contribution is 7.15. The van der Waals surface area contributed by atoms with Gasteiger partial charge in [0.25, 0.3) is 5.91 Å². The number of amides is 1. The van der Waals surface area contributed by atoms with Crippen molar-refractivity contribution in [2.75, 3.05) is 5.32 Å². The molecule has 3 aromatic heterocycles. The van der Waals surface area contributed by atoms with Crippen LogP contribution in [0.5, 0.6) is 0 Å². The highest BCUT2D eigenvalue weighted by atomic mass is 32.1. The van der Waals surface area contributed by atoms with Crippen LogP contribution in [-0.4, -0.2) is 20.3 Å². The van der Waals surface area contributed by atoms with Gasteiger partial charge in [0.1, 0.15) is 0 Å². The molecule has 0 aliphatic heterocycles. The topological polar surface area (TPSA) is 62.2 Å². The monoisotopic (exact) mass is 426 g/mol. The molecule has 1 aliphatic rings. The second-order valence-corrected chi connectivity index (χ2v) is 9.31. The third-order valence-corrected chi connectivity index (χ3v) is 7.00. The number of hydrogen-bond donors (Lipinski definition) is 2. The van der Waals surface area contributed by atoms with Crippen molar-refractivity contribution in [3.05, 3.63) is 77.1 Å². The second-order valence-electron chi connectivity index (χ2n) is 8.44. The fourth-order valence-corrected chi connectivity index (χ4v) is 5.23. The number of aromatic nitrogens is 3. The zero-order chi connectivity index (χ0) is 20.9. The van der Waals surface area contributed by atoms with Crippen LogP contribution in [0, 0.1) is 5.92 Å². The molecule has 31 heavy (non-hydrogen) atoms. The van der Waals surface area contributed by atoms with Gasteiger partial charge in [-0.15, -0.1) is 11.3 Å². The highest BCUT2D eigenvalue weighted by Gasteiger charge is 2.20. The number of imidazole rings is 1. The smallest absolute Gasteiger partial charge is 0.255 e. The van der Waals surface area contributed by atoms with Gasteiger partial charge >= 0.3 is 0 Å². The van der Waals surface area contributed by atoms with E-state index in [1.807, 2.05) is 64.6 Å². The fourth-order valence-electron chi connectivity index (χ4n) is 4.53. The van der Waals surface area contributed by atoms with Crippen LogP contribution in [-0.2, 0) is 12.8 Å². The van der Waals surface area contributed by atoms with Crippen molar-refractivity contribution < 1.29 is 4.79 Å². The molecule has 1 aliphatic carbocycles. The largest absolute Gasteiger partial charge is 0.358 e. The maximum absolute atomic E-state index is 12.9. The molecule has 6 rings (SSSR count). The SMILES string of the molecule is C[C@H]1CCc2[nH]c3ccc(C(=O)Nc4ccc(-c5cn6ccsc6n5)cc4)cc3c2C1. The normalized spacial score (nSPS) is 16.0. The first-order valence-electron chi connectivity index (χ1n) is 10.6. The van der Waals surface area contributed by atoms with E-state index in [1.54, 1.807) is 11.3 Å². The summed E-state index contributed by atoms with van der Waals surface area (Å²) in [5, 5.41) is 6.24. The predicted octanol–water partition coefficient (Wildman–Crippen LogP) is 5.92. The quantitative estimate of drug-likeness (QED) is 0.376. The number of H-pyrrole nitrogens is 1. The van der Waals surface area contributed by atoms with Gasteiger partial charge in [0.05, 0.1) is 5.69 Å². The number of fused-ring (bicyclic) bond motifs is 4. The Bertz CT molecular complexity index is 1390. The molecular formula is C25H22N4OS. The summed E-state index contributed by atoms with van der Waals surface area (Å²) in [7, 11) is 0. The molecule has 154 valence electrons. The Kier molecular flexibility index (Phi) is 4.21. The maximum Gasteiger partial charge on any atom is 0.255 e. The zero-order valence-corrected chi connectivity index (χ0v) is 18.0. The average molecular weight is 427 g/mol. The molecule has 3 heterocycles. The van der Waals surface area contributed by atoms with Crippen LogP contribution >= 0.6 is 11.3 Å². The number of hydrogen-bond acceptors (Lipinski definition) is 3. The van der Waals surface area contributed by atoms with Gasteiger partial charge in [0.2, 0.25) is 0 Å². The Labute approximate surface area is 183 Å². The summed E-state index contributed by atoms with van der Waals surface area (Å²) in [6.45, 7) is 2.30. The van der Waals surface area contributed by atoms with Gasteiger partial charge in [-0.3, -0.25) is 9.20 Å². The van der Waals surface area contributed by atoms with Crippen LogP contribution < -0.4 is 5.32 Å². The Morgan fingerprint density at radius 3 is 2.94 bits per heavy atom. The van der Waals surface area contributed by atoms with E-state index in [1.165, 1.54) is 23.1 Å². The molecule has 2 N–H and O–H groups in total. The van der Waals surface area contributed by atoms with E-state index >= 15 is 0 Å². The van der Waals surface area contributed by atoms with Crippen molar-refractivity contribution in [3.63, 3.8) is 0 Å². The number of thiazole rings is 1. The summed E-state index contributed by atoms with van der Waals surface area (Å²) in [4.78, 5) is 22.1. The van der Waals surface area contributed by atoms with Crippen molar-refractivity contribution in [2.45, 2.75) is 26.2 Å². The lowest BCUT2D eigenvalue weighted by Gasteiger charge is -2.18. The molecule has 1 atom stereocenters. The Morgan fingerprint density at radius 2 is 2.10 bits per heavy atom. The number of carbonyl (C=O) groups excluding carboxylic acids is 1. The first kappa shape index (κ1) is 18.4. The molecule has 5 aromatic rings. The molecule has 2 aromatic carbocycles. The molecule has 0 saturated heterocycles. The van der Waals surface area contributed by atoms with Crippen LogP contribution in [0.1, 0.15) is 35.0 Å². The molecule has 0 fully saturated rings. The van der Waals surface area contributed by atoms with Crippen LogP contribution in [0.2, 0.25) is 0 Å². The zero-order valence-electron chi connectivity index (χ0n) is 17.2. The maximum atomic E-state index is 12.9. The van der Waals surface area contributed by atoms with Gasteiger partial charge < -0.3 is 10.3 Å². The number of carbonyl (C=O) groups is 1. The number of rotatable bonds is 3. The molecular weight excluding hydrogens is 404 g/mol. The molecule has 6 heteroatoms. The van der Waals surface area contributed by atoms with E-state index in [2.05, 4.69) is 22.2 Å². The van der Waals surface area contributed by atoms with Gasteiger partial charge in [-0.1, -0.05) is 19.1 Å². The van der Waals surface area contributed by atoms with E-state index < -0.39 is 0 Å². The summed E-state index contributed by atoms with van der Waals surface area (Å²) < 4.78 is 2.02. The summed E-state index contributed by atoms with van der Waals surface area (Å²) in [6.07, 6.45) is 7.42. The minimum absolute atomic E-state index is 0.0871. The van der Waals surface area contributed by atoms with Gasteiger partial charge in [-0.25, -0.2) is 4.98 Å². The molecule has 0 bridgehead atoms. The lowest BCUT2D eigenvalue weighted by Crippen LogP contribution is -2.12. The van der Waals surface area contributed by atoms with Crippen LogP contribution in [0.25, 0.3) is 27.1 Å². The lowest BCUT2D eigenvalue weighted by molar-refractivity contribution is 0.102. The fraction of sp³-hybridized carbons (Fsp3) is 0.200. The van der Waals surface area contributed by atoms with E-state index in [0.717, 1.165) is 40.3 Å². The Morgan fingerprint density at radius 1 is 1.23 bits per heavy atom. The van der Waals surface area contributed by atoms with Crippen molar-refractivity contribution in [3.8, 4) is 11.3 Å². The first-order chi connectivity index (χ1) is 15.1. The third-order valence-electron chi connectivity index (χ3n) is 6.23. The van der Waals surface area contributed by atoms with Gasteiger partial charge in [-0.2, -0.15) is 0 Å². The summed E-state index contributed by atoms with van der Waals surface area (Å²) in [6, 6.07) is 13.8. The number of nitrogens with zero attached hydrogens (tertiary/aromatic N) is 2.